The molecule has 0 atom stereocenters. The summed E-state index contributed by atoms with van der Waals surface area (Å²) in [5.41, 5.74) is 0.949. The lowest BCUT2D eigenvalue weighted by atomic mass is 10.2. The molecule has 0 radical (unpaired) electrons. The van der Waals surface area contributed by atoms with E-state index in [1.165, 1.54) is 11.8 Å². The summed E-state index contributed by atoms with van der Waals surface area (Å²) >= 11 is 3.02. The average molecular weight is 389 g/mol. The van der Waals surface area contributed by atoms with E-state index >= 15 is 0 Å². The Morgan fingerprint density at radius 2 is 2.12 bits per heavy atom. The van der Waals surface area contributed by atoms with E-state index in [4.69, 9.17) is 4.74 Å². The Morgan fingerprint density at radius 1 is 1.27 bits per heavy atom. The van der Waals surface area contributed by atoms with Crippen molar-refractivity contribution in [1.29, 1.82) is 0 Å². The molecule has 3 aromatic rings. The van der Waals surface area contributed by atoms with Crippen LogP contribution in [0, 0.1) is 0 Å². The summed E-state index contributed by atoms with van der Waals surface area (Å²) in [5, 5.41) is 14.2. The molecular formula is C18H20N4O2S2. The van der Waals surface area contributed by atoms with Crippen molar-refractivity contribution < 1.29 is 9.53 Å². The first-order valence-electron chi connectivity index (χ1n) is 8.21. The minimum absolute atomic E-state index is 0.0516. The Bertz CT molecular complexity index is 862. The highest BCUT2D eigenvalue weighted by Gasteiger charge is 2.15. The Balaban J connectivity index is 1.58. The third-order valence-corrected chi connectivity index (χ3v) is 5.61. The fraction of sp³-hybridized carbons (Fsp3) is 0.278. The van der Waals surface area contributed by atoms with Gasteiger partial charge in [0.25, 0.3) is 0 Å². The van der Waals surface area contributed by atoms with Gasteiger partial charge in [-0.1, -0.05) is 36.0 Å². The maximum absolute atomic E-state index is 12.2. The molecule has 136 valence electrons. The van der Waals surface area contributed by atoms with Crippen molar-refractivity contribution in [1.82, 2.24) is 20.1 Å². The van der Waals surface area contributed by atoms with Gasteiger partial charge in [-0.2, -0.15) is 0 Å². The Labute approximate surface area is 160 Å². The van der Waals surface area contributed by atoms with Crippen LogP contribution in [0.3, 0.4) is 0 Å². The quantitative estimate of drug-likeness (QED) is 0.599. The normalized spacial score (nSPS) is 10.7. The van der Waals surface area contributed by atoms with Crippen LogP contribution in [0.1, 0.15) is 12.5 Å². The second-order valence-electron chi connectivity index (χ2n) is 5.40. The van der Waals surface area contributed by atoms with Crippen molar-refractivity contribution >= 4 is 29.0 Å². The molecule has 0 spiro atoms. The number of carbonyl (C=O) groups excluding carboxylic acids is 1. The average Bonchev–Trinajstić information content (AvgIpc) is 3.33. The molecule has 2 heterocycles. The maximum Gasteiger partial charge on any atom is 0.230 e. The Kier molecular flexibility index (Phi) is 6.30. The molecule has 1 aromatic carbocycles. The number of para-hydroxylation sites is 1. The van der Waals surface area contributed by atoms with Gasteiger partial charge in [-0.05, 0) is 24.4 Å². The van der Waals surface area contributed by atoms with Gasteiger partial charge in [0, 0.05) is 18.7 Å². The van der Waals surface area contributed by atoms with Crippen LogP contribution in [0.4, 0.5) is 0 Å². The number of hydrogen-bond acceptors (Lipinski definition) is 6. The zero-order valence-electron chi connectivity index (χ0n) is 14.6. The van der Waals surface area contributed by atoms with Crippen LogP contribution in [0.15, 0.2) is 46.9 Å². The smallest absolute Gasteiger partial charge is 0.230 e. The summed E-state index contributed by atoms with van der Waals surface area (Å²) in [6.07, 6.45) is 0. The summed E-state index contributed by atoms with van der Waals surface area (Å²) in [6, 6.07) is 11.7. The van der Waals surface area contributed by atoms with Crippen molar-refractivity contribution in [3.05, 3.63) is 47.3 Å². The molecule has 26 heavy (non-hydrogen) atoms. The first kappa shape index (κ1) is 18.5. The van der Waals surface area contributed by atoms with Crippen molar-refractivity contribution in [3.8, 4) is 16.5 Å². The van der Waals surface area contributed by atoms with E-state index < -0.39 is 0 Å². The van der Waals surface area contributed by atoms with E-state index in [-0.39, 0.29) is 11.7 Å². The van der Waals surface area contributed by atoms with Crippen LogP contribution in [0.25, 0.3) is 10.7 Å². The molecular weight excluding hydrogens is 368 g/mol. The number of aromatic nitrogens is 3. The van der Waals surface area contributed by atoms with Gasteiger partial charge in [0.2, 0.25) is 5.91 Å². The minimum Gasteiger partial charge on any atom is -0.496 e. The maximum atomic E-state index is 12.2. The number of thioether (sulfide) groups is 1. The molecule has 1 amide bonds. The monoisotopic (exact) mass is 388 g/mol. The molecule has 6 nitrogen and oxygen atoms in total. The first-order valence-corrected chi connectivity index (χ1v) is 10.1. The highest BCUT2D eigenvalue weighted by molar-refractivity contribution is 7.99. The SMILES string of the molecule is CCn1c(SCC(=O)NCc2ccccc2OC)nnc1-c1cccs1. The van der Waals surface area contributed by atoms with Gasteiger partial charge in [0.15, 0.2) is 11.0 Å². The van der Waals surface area contributed by atoms with Crippen LogP contribution in [-0.2, 0) is 17.9 Å². The number of ether oxygens (including phenoxy) is 1. The fourth-order valence-corrected chi connectivity index (χ4v) is 4.04. The van der Waals surface area contributed by atoms with Gasteiger partial charge in [-0.15, -0.1) is 21.5 Å². The summed E-state index contributed by atoms with van der Waals surface area (Å²) in [6.45, 7) is 3.24. The van der Waals surface area contributed by atoms with Crippen LogP contribution in [0.2, 0.25) is 0 Å². The van der Waals surface area contributed by atoms with E-state index in [0.29, 0.717) is 6.54 Å². The highest BCUT2D eigenvalue weighted by Crippen LogP contribution is 2.27. The number of rotatable bonds is 8. The van der Waals surface area contributed by atoms with Crippen LogP contribution >= 0.6 is 23.1 Å². The Morgan fingerprint density at radius 3 is 2.85 bits per heavy atom. The second-order valence-corrected chi connectivity index (χ2v) is 7.30. The number of amides is 1. The van der Waals surface area contributed by atoms with E-state index in [2.05, 4.69) is 15.5 Å². The van der Waals surface area contributed by atoms with Crippen LogP contribution in [-0.4, -0.2) is 33.5 Å². The number of thiophene rings is 1. The lowest BCUT2D eigenvalue weighted by molar-refractivity contribution is -0.118. The van der Waals surface area contributed by atoms with E-state index in [0.717, 1.165) is 33.7 Å². The summed E-state index contributed by atoms with van der Waals surface area (Å²) in [5.74, 6) is 1.85. The molecule has 0 aliphatic carbocycles. The van der Waals surface area contributed by atoms with Gasteiger partial charge in [-0.3, -0.25) is 4.79 Å². The molecule has 1 N–H and O–H groups in total. The second kappa shape index (κ2) is 8.86. The van der Waals surface area contributed by atoms with Gasteiger partial charge >= 0.3 is 0 Å². The predicted octanol–water partition coefficient (Wildman–Crippen LogP) is 3.44. The van der Waals surface area contributed by atoms with E-state index in [1.54, 1.807) is 18.4 Å². The molecule has 8 heteroatoms. The standard InChI is InChI=1S/C18H20N4O2S2/c1-3-22-17(15-9-6-10-25-15)20-21-18(22)26-12-16(23)19-11-13-7-4-5-8-14(13)24-2/h4-10H,3,11-12H2,1-2H3,(H,19,23). The molecule has 0 aliphatic heterocycles. The number of carbonyl (C=O) groups is 1. The number of methoxy groups -OCH3 is 1. The third-order valence-electron chi connectivity index (χ3n) is 3.78. The van der Waals surface area contributed by atoms with Gasteiger partial charge in [0.1, 0.15) is 5.75 Å². The zero-order valence-corrected chi connectivity index (χ0v) is 16.3. The van der Waals surface area contributed by atoms with E-state index in [1.807, 2.05) is 53.3 Å². The predicted molar refractivity (Wildman–Crippen MR) is 105 cm³/mol. The minimum atomic E-state index is -0.0516. The zero-order chi connectivity index (χ0) is 18.4. The van der Waals surface area contributed by atoms with Crippen molar-refractivity contribution in [2.75, 3.05) is 12.9 Å². The largest absolute Gasteiger partial charge is 0.496 e. The molecule has 0 aliphatic rings. The Hall–Kier alpha value is -2.32. The van der Waals surface area contributed by atoms with Gasteiger partial charge in [-0.25, -0.2) is 0 Å². The van der Waals surface area contributed by atoms with Crippen LogP contribution < -0.4 is 10.1 Å². The molecule has 0 bridgehead atoms. The molecule has 0 fully saturated rings. The topological polar surface area (TPSA) is 69.0 Å². The molecule has 0 unspecified atom stereocenters. The van der Waals surface area contributed by atoms with E-state index in [9.17, 15) is 4.79 Å². The van der Waals surface area contributed by atoms with Crippen molar-refractivity contribution in [2.24, 2.45) is 0 Å². The molecule has 2 aromatic heterocycles. The van der Waals surface area contributed by atoms with Crippen molar-refractivity contribution in [3.63, 3.8) is 0 Å². The summed E-state index contributed by atoms with van der Waals surface area (Å²) in [7, 11) is 1.62. The molecule has 3 rings (SSSR count). The molecule has 0 saturated carbocycles. The summed E-state index contributed by atoms with van der Waals surface area (Å²) in [4.78, 5) is 13.3. The summed E-state index contributed by atoms with van der Waals surface area (Å²) < 4.78 is 7.33. The number of nitrogens with one attached hydrogen (secondary N) is 1. The van der Waals surface area contributed by atoms with Gasteiger partial charge in [0.05, 0.1) is 17.7 Å². The fourth-order valence-electron chi connectivity index (χ4n) is 2.49. The third kappa shape index (κ3) is 4.25. The number of benzene rings is 1. The lowest BCUT2D eigenvalue weighted by Gasteiger charge is -2.09. The van der Waals surface area contributed by atoms with Crippen molar-refractivity contribution in [2.45, 2.75) is 25.2 Å². The first-order chi connectivity index (χ1) is 12.7. The highest BCUT2D eigenvalue weighted by atomic mass is 32.2. The molecule has 0 saturated heterocycles. The lowest BCUT2D eigenvalue weighted by Crippen LogP contribution is -2.25. The number of hydrogen-bond donors (Lipinski definition) is 1. The van der Waals surface area contributed by atoms with Gasteiger partial charge < -0.3 is 14.6 Å². The van der Waals surface area contributed by atoms with Crippen LogP contribution in [0.5, 0.6) is 5.75 Å². The number of nitrogens with zero attached hydrogens (tertiary/aromatic N) is 3.